The first-order valence-corrected chi connectivity index (χ1v) is 7.73. The molecule has 5 heteroatoms. The highest BCUT2D eigenvalue weighted by Gasteiger charge is 2.00. The smallest absolute Gasteiger partial charge is 0.267 e. The minimum absolute atomic E-state index is 0.569. The molecule has 3 N–H and O–H groups in total. The Hall–Kier alpha value is -2.92. The number of carbonyl (C=O) groups excluding carboxylic acids is 1. The molecule has 0 saturated heterocycles. The first kappa shape index (κ1) is 17.4. The molecule has 0 heterocycles. The summed E-state index contributed by atoms with van der Waals surface area (Å²) in [6.07, 6.45) is 6.57. The van der Waals surface area contributed by atoms with Crippen LogP contribution in [0.4, 0.5) is 11.4 Å². The molecule has 2 rings (SSSR count). The molecule has 0 atom stereocenters. The molecular formula is C19H21N3O2. The molecule has 0 bridgehead atoms. The van der Waals surface area contributed by atoms with Crippen LogP contribution in [0.2, 0.25) is 0 Å². The van der Waals surface area contributed by atoms with Crippen molar-refractivity contribution in [3.05, 3.63) is 65.7 Å². The van der Waals surface area contributed by atoms with Crippen molar-refractivity contribution in [2.24, 2.45) is 4.99 Å². The van der Waals surface area contributed by atoms with Crippen LogP contribution in [0.15, 0.2) is 59.6 Å². The van der Waals surface area contributed by atoms with E-state index >= 15 is 0 Å². The van der Waals surface area contributed by atoms with Crippen molar-refractivity contribution in [2.45, 2.75) is 12.8 Å². The molecular weight excluding hydrogens is 302 g/mol. The fraction of sp³-hybridized carbons (Fsp3) is 0.158. The second-order valence-corrected chi connectivity index (χ2v) is 5.17. The Bertz CT molecular complexity index is 725. The highest BCUT2D eigenvalue weighted by Crippen LogP contribution is 2.26. The van der Waals surface area contributed by atoms with Gasteiger partial charge in [-0.2, -0.15) is 0 Å². The predicted octanol–water partition coefficient (Wildman–Crippen LogP) is 3.58. The van der Waals surface area contributed by atoms with E-state index in [0.29, 0.717) is 0 Å². The van der Waals surface area contributed by atoms with Gasteiger partial charge in [0.05, 0.1) is 11.4 Å². The van der Waals surface area contributed by atoms with Crippen LogP contribution >= 0.6 is 0 Å². The fourth-order valence-electron chi connectivity index (χ4n) is 2.22. The van der Waals surface area contributed by atoms with Gasteiger partial charge < -0.3 is 5.32 Å². The molecule has 124 valence electrons. The molecule has 24 heavy (non-hydrogen) atoms. The highest BCUT2D eigenvalue weighted by atomic mass is 16.5. The summed E-state index contributed by atoms with van der Waals surface area (Å²) in [6.45, 7) is 0. The van der Waals surface area contributed by atoms with Crippen molar-refractivity contribution in [3.8, 4) is 0 Å². The van der Waals surface area contributed by atoms with Gasteiger partial charge in [0.2, 0.25) is 0 Å². The van der Waals surface area contributed by atoms with Crippen molar-refractivity contribution in [1.82, 2.24) is 5.48 Å². The molecule has 0 aliphatic heterocycles. The van der Waals surface area contributed by atoms with Crippen molar-refractivity contribution >= 4 is 29.6 Å². The summed E-state index contributed by atoms with van der Waals surface area (Å²) < 4.78 is 0. The lowest BCUT2D eigenvalue weighted by Gasteiger charge is -2.06. The van der Waals surface area contributed by atoms with Gasteiger partial charge in [0.25, 0.3) is 5.91 Å². The number of hydrogen-bond donors (Lipinski definition) is 3. The number of nitrogens with one attached hydrogen (secondary N) is 2. The zero-order valence-electron chi connectivity index (χ0n) is 13.6. The van der Waals surface area contributed by atoms with Crippen LogP contribution in [0.25, 0.3) is 6.08 Å². The first-order valence-electron chi connectivity index (χ1n) is 7.73. The van der Waals surface area contributed by atoms with Gasteiger partial charge in [-0.15, -0.1) is 0 Å². The van der Waals surface area contributed by atoms with E-state index in [9.17, 15) is 4.79 Å². The lowest BCUT2D eigenvalue weighted by molar-refractivity contribution is -0.124. The second-order valence-electron chi connectivity index (χ2n) is 5.17. The van der Waals surface area contributed by atoms with Crippen LogP contribution in [0, 0.1) is 0 Å². The maximum Gasteiger partial charge on any atom is 0.267 e. The number of hydrogen-bond acceptors (Lipinski definition) is 4. The van der Waals surface area contributed by atoms with Crippen molar-refractivity contribution in [3.63, 3.8) is 0 Å². The van der Waals surface area contributed by atoms with E-state index in [1.165, 1.54) is 11.6 Å². The van der Waals surface area contributed by atoms with Crippen LogP contribution in [0.3, 0.4) is 0 Å². The van der Waals surface area contributed by atoms with Crippen LogP contribution in [-0.4, -0.2) is 24.4 Å². The van der Waals surface area contributed by atoms with Gasteiger partial charge in [-0.3, -0.25) is 15.0 Å². The Balaban J connectivity index is 2.05. The van der Waals surface area contributed by atoms with Gasteiger partial charge in [0, 0.05) is 19.3 Å². The SMILES string of the molecule is CNc1ccc(C=CC(=O)NO)cc1N=CCCc1ccccc1. The zero-order valence-corrected chi connectivity index (χ0v) is 13.6. The number of aryl methyl sites for hydroxylation is 1. The molecule has 2 aromatic rings. The van der Waals surface area contributed by atoms with Crippen LogP contribution in [0.1, 0.15) is 17.5 Å². The van der Waals surface area contributed by atoms with Gasteiger partial charge in [0.15, 0.2) is 0 Å². The number of benzene rings is 2. The number of rotatable bonds is 7. The number of nitrogens with zero attached hydrogens (tertiary/aromatic N) is 1. The highest BCUT2D eigenvalue weighted by molar-refractivity contribution is 5.91. The molecule has 0 radical (unpaired) electrons. The number of aliphatic imine (C=N–C) groups is 1. The van der Waals surface area contributed by atoms with Gasteiger partial charge in [-0.05, 0) is 42.2 Å². The van der Waals surface area contributed by atoms with Gasteiger partial charge in [0.1, 0.15) is 0 Å². The third-order valence-electron chi connectivity index (χ3n) is 3.46. The lowest BCUT2D eigenvalue weighted by Crippen LogP contribution is -2.14. The Kier molecular flexibility index (Phi) is 6.73. The van der Waals surface area contributed by atoms with E-state index in [1.807, 2.05) is 49.7 Å². The summed E-state index contributed by atoms with van der Waals surface area (Å²) in [5, 5.41) is 11.6. The largest absolute Gasteiger partial charge is 0.386 e. The quantitative estimate of drug-likeness (QED) is 0.315. The summed E-state index contributed by atoms with van der Waals surface area (Å²) in [5.41, 5.74) is 5.39. The summed E-state index contributed by atoms with van der Waals surface area (Å²) in [7, 11) is 1.84. The molecule has 0 saturated carbocycles. The van der Waals surface area contributed by atoms with E-state index in [0.717, 1.165) is 29.8 Å². The molecule has 0 spiro atoms. The third kappa shape index (κ3) is 5.37. The van der Waals surface area contributed by atoms with E-state index in [2.05, 4.69) is 22.4 Å². The molecule has 5 nitrogen and oxygen atoms in total. The van der Waals surface area contributed by atoms with Crippen molar-refractivity contribution < 1.29 is 10.0 Å². The number of amides is 1. The third-order valence-corrected chi connectivity index (χ3v) is 3.46. The summed E-state index contributed by atoms with van der Waals surface area (Å²) >= 11 is 0. The minimum atomic E-state index is -0.569. The van der Waals surface area contributed by atoms with Crippen LogP contribution < -0.4 is 10.8 Å². The van der Waals surface area contributed by atoms with Crippen molar-refractivity contribution in [2.75, 3.05) is 12.4 Å². The first-order chi connectivity index (χ1) is 11.7. The van der Waals surface area contributed by atoms with E-state index in [-0.39, 0.29) is 0 Å². The fourth-order valence-corrected chi connectivity index (χ4v) is 2.22. The minimum Gasteiger partial charge on any atom is -0.386 e. The predicted molar refractivity (Wildman–Crippen MR) is 97.9 cm³/mol. The number of carbonyl (C=O) groups is 1. The van der Waals surface area contributed by atoms with E-state index in [1.54, 1.807) is 11.6 Å². The average molecular weight is 323 g/mol. The van der Waals surface area contributed by atoms with Crippen LogP contribution in [0.5, 0.6) is 0 Å². The lowest BCUT2D eigenvalue weighted by atomic mass is 10.1. The van der Waals surface area contributed by atoms with Gasteiger partial charge in [-0.1, -0.05) is 36.4 Å². The maximum atomic E-state index is 11.0. The summed E-state index contributed by atoms with van der Waals surface area (Å²) in [6, 6.07) is 15.9. The Labute approximate surface area is 141 Å². The second kappa shape index (κ2) is 9.27. The van der Waals surface area contributed by atoms with Crippen LogP contribution in [-0.2, 0) is 11.2 Å². The Morgan fingerprint density at radius 1 is 1.21 bits per heavy atom. The molecule has 0 aliphatic carbocycles. The zero-order chi connectivity index (χ0) is 17.2. The van der Waals surface area contributed by atoms with Gasteiger partial charge in [-0.25, -0.2) is 5.48 Å². The maximum absolute atomic E-state index is 11.0. The standard InChI is InChI=1S/C19H21N3O2/c1-20-17-11-9-16(10-12-19(23)22-24)14-18(17)21-13-5-8-15-6-3-2-4-7-15/h2-4,6-7,9-14,20,24H,5,8H2,1H3,(H,22,23). The number of hydroxylamine groups is 1. The monoisotopic (exact) mass is 323 g/mol. The van der Waals surface area contributed by atoms with Crippen molar-refractivity contribution in [1.29, 1.82) is 0 Å². The molecule has 0 aromatic heterocycles. The Morgan fingerprint density at radius 3 is 2.71 bits per heavy atom. The average Bonchev–Trinajstić information content (AvgIpc) is 2.64. The summed E-state index contributed by atoms with van der Waals surface area (Å²) in [5.74, 6) is -0.569. The summed E-state index contributed by atoms with van der Waals surface area (Å²) in [4.78, 5) is 15.6. The molecule has 0 aliphatic rings. The van der Waals surface area contributed by atoms with E-state index < -0.39 is 5.91 Å². The van der Waals surface area contributed by atoms with Gasteiger partial charge >= 0.3 is 0 Å². The molecule has 1 amide bonds. The van der Waals surface area contributed by atoms with E-state index in [4.69, 9.17) is 5.21 Å². The molecule has 0 unspecified atom stereocenters. The normalized spacial score (nSPS) is 11.1. The Morgan fingerprint density at radius 2 is 2.00 bits per heavy atom. The number of anilines is 1. The molecule has 0 fully saturated rings. The topological polar surface area (TPSA) is 73.7 Å². The molecule has 2 aromatic carbocycles.